The number of benzene rings is 1. The first-order valence-corrected chi connectivity index (χ1v) is 8.05. The Morgan fingerprint density at radius 3 is 2.79 bits per heavy atom. The van der Waals surface area contributed by atoms with Crippen LogP contribution >= 0.6 is 11.6 Å². The van der Waals surface area contributed by atoms with Gasteiger partial charge in [0.1, 0.15) is 0 Å². The number of aromatic nitrogens is 4. The summed E-state index contributed by atoms with van der Waals surface area (Å²) in [7, 11) is 0. The predicted octanol–water partition coefficient (Wildman–Crippen LogP) is 3.13. The lowest BCUT2D eigenvalue weighted by atomic mass is 10.0. The molecule has 0 unspecified atom stereocenters. The van der Waals surface area contributed by atoms with E-state index in [1.165, 1.54) is 0 Å². The van der Waals surface area contributed by atoms with Gasteiger partial charge in [0.05, 0.1) is 23.1 Å². The number of aromatic amines is 1. The van der Waals surface area contributed by atoms with Crippen molar-refractivity contribution in [3.05, 3.63) is 71.0 Å². The molecule has 24 heavy (non-hydrogen) atoms. The number of nitrogens with one attached hydrogen (secondary N) is 2. The summed E-state index contributed by atoms with van der Waals surface area (Å²) in [5.41, 5.74) is 1.93. The topological polar surface area (TPSA) is 75.6 Å². The van der Waals surface area contributed by atoms with Crippen LogP contribution in [-0.4, -0.2) is 25.7 Å². The molecule has 0 saturated carbocycles. The minimum Gasteiger partial charge on any atom is -0.344 e. The second-order valence-corrected chi connectivity index (χ2v) is 5.92. The van der Waals surface area contributed by atoms with Crippen LogP contribution in [0.1, 0.15) is 34.2 Å². The minimum absolute atomic E-state index is 0.144. The van der Waals surface area contributed by atoms with E-state index < -0.39 is 0 Å². The summed E-state index contributed by atoms with van der Waals surface area (Å²) in [6.07, 6.45) is 6.13. The maximum Gasteiger partial charge on any atom is 0.273 e. The Labute approximate surface area is 144 Å². The number of halogens is 1. The third-order valence-corrected chi connectivity index (χ3v) is 4.29. The molecule has 2 aromatic heterocycles. The number of rotatable bonds is 6. The number of amides is 1. The molecule has 0 bridgehead atoms. The number of carbonyl (C=O) groups excluding carboxylic acids is 1. The van der Waals surface area contributed by atoms with E-state index in [1.807, 2.05) is 41.1 Å². The molecule has 1 aromatic carbocycles. The smallest absolute Gasteiger partial charge is 0.273 e. The normalized spacial score (nSPS) is 12.1. The van der Waals surface area contributed by atoms with Gasteiger partial charge in [-0.2, -0.15) is 5.10 Å². The molecule has 7 heteroatoms. The minimum atomic E-state index is -0.288. The van der Waals surface area contributed by atoms with E-state index in [2.05, 4.69) is 20.5 Å². The van der Waals surface area contributed by atoms with E-state index in [9.17, 15) is 4.79 Å². The Balaban J connectivity index is 1.76. The average molecular weight is 344 g/mol. The molecule has 0 spiro atoms. The Kier molecular flexibility index (Phi) is 4.96. The number of nitrogens with zero attached hydrogens (tertiary/aromatic N) is 3. The summed E-state index contributed by atoms with van der Waals surface area (Å²) >= 11 is 6.12. The molecule has 3 aromatic rings. The molecule has 2 N–H and O–H groups in total. The van der Waals surface area contributed by atoms with Crippen LogP contribution in [0.4, 0.5) is 0 Å². The number of aryl methyl sites for hydroxylation is 2. The van der Waals surface area contributed by atoms with Crippen molar-refractivity contribution in [1.29, 1.82) is 0 Å². The molecule has 0 fully saturated rings. The van der Waals surface area contributed by atoms with Gasteiger partial charge in [0.15, 0.2) is 5.69 Å². The largest absolute Gasteiger partial charge is 0.344 e. The molecular weight excluding hydrogens is 326 g/mol. The van der Waals surface area contributed by atoms with Gasteiger partial charge in [-0.3, -0.25) is 9.89 Å². The molecule has 0 aliphatic heterocycles. The first kappa shape index (κ1) is 16.3. The first-order chi connectivity index (χ1) is 11.6. The fourth-order valence-corrected chi connectivity index (χ4v) is 2.67. The molecule has 0 aliphatic carbocycles. The van der Waals surface area contributed by atoms with Crippen molar-refractivity contribution in [3.8, 4) is 0 Å². The second kappa shape index (κ2) is 7.31. The van der Waals surface area contributed by atoms with E-state index in [1.54, 1.807) is 19.4 Å². The SMILES string of the molecule is Cc1[nH]nc(C(=O)N[C@H](CCn2ccnc2)c2ccccc2)c1Cl. The summed E-state index contributed by atoms with van der Waals surface area (Å²) in [6.45, 7) is 2.52. The van der Waals surface area contributed by atoms with Gasteiger partial charge >= 0.3 is 0 Å². The molecule has 1 amide bonds. The van der Waals surface area contributed by atoms with E-state index in [0.717, 1.165) is 18.5 Å². The molecule has 6 nitrogen and oxygen atoms in total. The van der Waals surface area contributed by atoms with Gasteiger partial charge in [-0.05, 0) is 18.9 Å². The molecule has 1 atom stereocenters. The summed E-state index contributed by atoms with van der Waals surface area (Å²) < 4.78 is 1.98. The van der Waals surface area contributed by atoms with Gasteiger partial charge in [0, 0.05) is 18.9 Å². The van der Waals surface area contributed by atoms with Gasteiger partial charge in [0.25, 0.3) is 5.91 Å². The lowest BCUT2D eigenvalue weighted by molar-refractivity contribution is 0.0928. The van der Waals surface area contributed by atoms with Crippen molar-refractivity contribution in [3.63, 3.8) is 0 Å². The van der Waals surface area contributed by atoms with Crippen molar-refractivity contribution in [2.45, 2.75) is 25.9 Å². The lowest BCUT2D eigenvalue weighted by Crippen LogP contribution is -2.30. The highest BCUT2D eigenvalue weighted by Gasteiger charge is 2.20. The average Bonchev–Trinajstić information content (AvgIpc) is 3.23. The van der Waals surface area contributed by atoms with Crippen LogP contribution in [0, 0.1) is 6.92 Å². The highest BCUT2D eigenvalue weighted by atomic mass is 35.5. The Morgan fingerprint density at radius 1 is 1.38 bits per heavy atom. The molecule has 3 rings (SSSR count). The van der Waals surface area contributed by atoms with Crippen molar-refractivity contribution >= 4 is 17.5 Å². The van der Waals surface area contributed by atoms with Crippen molar-refractivity contribution < 1.29 is 4.79 Å². The Bertz CT molecular complexity index is 798. The molecule has 0 saturated heterocycles. The summed E-state index contributed by atoms with van der Waals surface area (Å²) in [5.74, 6) is -0.288. The zero-order valence-corrected chi connectivity index (χ0v) is 14.0. The zero-order valence-electron chi connectivity index (χ0n) is 13.2. The number of H-pyrrole nitrogens is 1. The third kappa shape index (κ3) is 3.65. The Hall–Kier alpha value is -2.60. The monoisotopic (exact) mass is 343 g/mol. The number of hydrogen-bond donors (Lipinski definition) is 2. The quantitative estimate of drug-likeness (QED) is 0.722. The van der Waals surface area contributed by atoms with Gasteiger partial charge in [0.2, 0.25) is 0 Å². The van der Waals surface area contributed by atoms with Crippen LogP contribution < -0.4 is 5.32 Å². The number of imidazole rings is 1. The van der Waals surface area contributed by atoms with Gasteiger partial charge in [-0.25, -0.2) is 4.98 Å². The van der Waals surface area contributed by atoms with Crippen molar-refractivity contribution in [2.24, 2.45) is 0 Å². The van der Waals surface area contributed by atoms with Crippen LogP contribution in [-0.2, 0) is 6.54 Å². The number of carbonyl (C=O) groups is 1. The zero-order chi connectivity index (χ0) is 16.9. The van der Waals surface area contributed by atoms with Gasteiger partial charge < -0.3 is 9.88 Å². The second-order valence-electron chi connectivity index (χ2n) is 5.54. The van der Waals surface area contributed by atoms with Crippen molar-refractivity contribution in [2.75, 3.05) is 0 Å². The number of hydrogen-bond acceptors (Lipinski definition) is 3. The first-order valence-electron chi connectivity index (χ1n) is 7.67. The molecule has 0 radical (unpaired) electrons. The van der Waals surface area contributed by atoms with Crippen LogP contribution in [0.2, 0.25) is 5.02 Å². The fraction of sp³-hybridized carbons (Fsp3) is 0.235. The summed E-state index contributed by atoms with van der Waals surface area (Å²) in [6, 6.07) is 9.71. The third-order valence-electron chi connectivity index (χ3n) is 3.83. The lowest BCUT2D eigenvalue weighted by Gasteiger charge is -2.19. The van der Waals surface area contributed by atoms with Crippen molar-refractivity contribution in [1.82, 2.24) is 25.1 Å². The van der Waals surface area contributed by atoms with Crippen LogP contribution in [0.3, 0.4) is 0 Å². The fourth-order valence-electron chi connectivity index (χ4n) is 2.50. The predicted molar refractivity (Wildman–Crippen MR) is 91.8 cm³/mol. The van der Waals surface area contributed by atoms with E-state index in [4.69, 9.17) is 11.6 Å². The summed E-state index contributed by atoms with van der Waals surface area (Å²) in [5, 5.41) is 10.1. The standard InChI is InChI=1S/C17H18ClN5O/c1-12-15(18)16(22-21-12)17(24)20-14(13-5-3-2-4-6-13)7-9-23-10-8-19-11-23/h2-6,8,10-11,14H,7,9H2,1H3,(H,20,24)(H,21,22)/t14-/m1/s1. The maximum absolute atomic E-state index is 12.5. The molecule has 2 heterocycles. The van der Waals surface area contributed by atoms with Crippen LogP contribution in [0.25, 0.3) is 0 Å². The van der Waals surface area contributed by atoms with Crippen LogP contribution in [0.5, 0.6) is 0 Å². The Morgan fingerprint density at radius 2 is 2.17 bits per heavy atom. The van der Waals surface area contributed by atoms with Gasteiger partial charge in [-0.15, -0.1) is 0 Å². The molecular formula is C17H18ClN5O. The summed E-state index contributed by atoms with van der Waals surface area (Å²) in [4.78, 5) is 16.6. The molecule has 124 valence electrons. The van der Waals surface area contributed by atoms with Crippen LogP contribution in [0.15, 0.2) is 49.1 Å². The maximum atomic E-state index is 12.5. The van der Waals surface area contributed by atoms with E-state index in [-0.39, 0.29) is 17.6 Å². The van der Waals surface area contributed by atoms with Gasteiger partial charge in [-0.1, -0.05) is 41.9 Å². The highest BCUT2D eigenvalue weighted by Crippen LogP contribution is 2.21. The van der Waals surface area contributed by atoms with E-state index in [0.29, 0.717) is 10.7 Å². The molecule has 0 aliphatic rings. The highest BCUT2D eigenvalue weighted by molar-refractivity contribution is 6.34. The van der Waals surface area contributed by atoms with E-state index >= 15 is 0 Å².